The predicted octanol–water partition coefficient (Wildman–Crippen LogP) is 3.37. The summed E-state index contributed by atoms with van der Waals surface area (Å²) >= 11 is 0. The number of rotatable bonds is 4. The summed E-state index contributed by atoms with van der Waals surface area (Å²) in [6, 6.07) is 10.6. The molecule has 0 bridgehead atoms. The minimum absolute atomic E-state index is 1.08. The number of benzene rings is 1. The molecule has 0 atom stereocenters. The number of hydrogen-bond donors (Lipinski definition) is 0. The lowest BCUT2D eigenvalue weighted by Gasteiger charge is -2.17. The van der Waals surface area contributed by atoms with Crippen molar-refractivity contribution in [2.24, 2.45) is 0 Å². The summed E-state index contributed by atoms with van der Waals surface area (Å²) in [6.07, 6.45) is 0. The molecule has 0 amide bonds. The number of nitrogens with zero attached hydrogens (tertiary/aromatic N) is 1. The van der Waals surface area contributed by atoms with E-state index < -0.39 is 0 Å². The molecule has 0 aromatic heterocycles. The molecule has 0 spiro atoms. The van der Waals surface area contributed by atoms with Crippen LogP contribution in [0.5, 0.6) is 0 Å². The molecular formula is C13H22N. The highest BCUT2D eigenvalue weighted by atomic mass is 15.1. The van der Waals surface area contributed by atoms with Crippen LogP contribution in [0.25, 0.3) is 0 Å². The molecule has 0 aliphatic heterocycles. The zero-order chi connectivity index (χ0) is 10.8. The van der Waals surface area contributed by atoms with Gasteiger partial charge in [0.05, 0.1) is 0 Å². The topological polar surface area (TPSA) is 3.24 Å². The van der Waals surface area contributed by atoms with Gasteiger partial charge in [0.2, 0.25) is 0 Å². The van der Waals surface area contributed by atoms with Gasteiger partial charge in [-0.25, -0.2) is 0 Å². The second-order valence-electron chi connectivity index (χ2n) is 2.95. The van der Waals surface area contributed by atoms with Gasteiger partial charge >= 0.3 is 0 Å². The van der Waals surface area contributed by atoms with Gasteiger partial charge in [0.1, 0.15) is 0 Å². The smallest absolute Gasteiger partial charge is 0.0233 e. The fraction of sp³-hybridized carbons (Fsp3) is 0.462. The molecule has 14 heavy (non-hydrogen) atoms. The van der Waals surface area contributed by atoms with Crippen molar-refractivity contribution in [3.05, 3.63) is 42.8 Å². The first-order valence-corrected chi connectivity index (χ1v) is 5.33. The van der Waals surface area contributed by atoms with E-state index >= 15 is 0 Å². The van der Waals surface area contributed by atoms with Crippen molar-refractivity contribution in [2.45, 2.75) is 27.3 Å². The van der Waals surface area contributed by atoms with Crippen LogP contribution in [0.4, 0.5) is 0 Å². The zero-order valence-electron chi connectivity index (χ0n) is 9.66. The van der Waals surface area contributed by atoms with Crippen molar-refractivity contribution in [2.75, 3.05) is 13.1 Å². The molecule has 0 unspecified atom stereocenters. The van der Waals surface area contributed by atoms with Gasteiger partial charge in [-0.1, -0.05) is 58.0 Å². The van der Waals surface area contributed by atoms with Crippen molar-refractivity contribution >= 4 is 0 Å². The molecule has 0 aliphatic rings. The summed E-state index contributed by atoms with van der Waals surface area (Å²) in [5, 5.41) is 0. The quantitative estimate of drug-likeness (QED) is 0.707. The molecule has 0 heterocycles. The van der Waals surface area contributed by atoms with Gasteiger partial charge in [0, 0.05) is 6.54 Å². The van der Waals surface area contributed by atoms with Gasteiger partial charge in [0.15, 0.2) is 0 Å². The third-order valence-corrected chi connectivity index (χ3v) is 2.14. The Kier molecular flexibility index (Phi) is 8.25. The Morgan fingerprint density at radius 1 is 1.00 bits per heavy atom. The average molecular weight is 192 g/mol. The summed E-state index contributed by atoms with van der Waals surface area (Å²) in [4.78, 5) is 2.41. The van der Waals surface area contributed by atoms with Crippen LogP contribution in [0.2, 0.25) is 0 Å². The Morgan fingerprint density at radius 2 is 1.50 bits per heavy atom. The van der Waals surface area contributed by atoms with Gasteiger partial charge in [-0.2, -0.15) is 0 Å². The van der Waals surface area contributed by atoms with E-state index in [-0.39, 0.29) is 0 Å². The first-order chi connectivity index (χ1) is 6.86. The molecule has 0 saturated carbocycles. The summed E-state index contributed by atoms with van der Waals surface area (Å²) in [6.45, 7) is 12.7. The van der Waals surface area contributed by atoms with Gasteiger partial charge in [-0.3, -0.25) is 4.90 Å². The Balaban J connectivity index is 0.000000791. The molecule has 0 saturated heterocycles. The Morgan fingerprint density at radius 3 is 1.93 bits per heavy atom. The van der Waals surface area contributed by atoms with E-state index in [0.29, 0.717) is 0 Å². The number of hydrogen-bond acceptors (Lipinski definition) is 1. The van der Waals surface area contributed by atoms with Gasteiger partial charge in [0.25, 0.3) is 0 Å². The van der Waals surface area contributed by atoms with E-state index in [1.54, 1.807) is 6.92 Å². The maximum atomic E-state index is 3.25. The van der Waals surface area contributed by atoms with E-state index in [2.05, 4.69) is 56.0 Å². The summed E-state index contributed by atoms with van der Waals surface area (Å²) < 4.78 is 0. The monoisotopic (exact) mass is 192 g/mol. The van der Waals surface area contributed by atoms with Crippen LogP contribution in [0.3, 0.4) is 0 Å². The molecular weight excluding hydrogens is 170 g/mol. The predicted molar refractivity (Wildman–Crippen MR) is 64.1 cm³/mol. The van der Waals surface area contributed by atoms with Crippen LogP contribution in [-0.4, -0.2) is 18.0 Å². The van der Waals surface area contributed by atoms with Gasteiger partial charge in [-0.15, -0.1) is 0 Å². The van der Waals surface area contributed by atoms with Gasteiger partial charge < -0.3 is 0 Å². The Bertz CT molecular complexity index is 202. The molecule has 1 aromatic rings. The average Bonchev–Trinajstić information content (AvgIpc) is 2.30. The molecule has 0 N–H and O–H groups in total. The fourth-order valence-electron chi connectivity index (χ4n) is 1.29. The molecule has 79 valence electrons. The third kappa shape index (κ3) is 5.03. The van der Waals surface area contributed by atoms with Crippen molar-refractivity contribution < 1.29 is 0 Å². The highest BCUT2D eigenvalue weighted by Gasteiger charge is 1.98. The van der Waals surface area contributed by atoms with E-state index in [1.807, 2.05) is 0 Å². The van der Waals surface area contributed by atoms with E-state index in [0.717, 1.165) is 19.6 Å². The fourth-order valence-corrected chi connectivity index (χ4v) is 1.29. The molecule has 1 aromatic carbocycles. The maximum absolute atomic E-state index is 3.25. The lowest BCUT2D eigenvalue weighted by Crippen LogP contribution is -2.21. The lowest BCUT2D eigenvalue weighted by atomic mass is 10.2. The third-order valence-electron chi connectivity index (χ3n) is 2.14. The van der Waals surface area contributed by atoms with Crippen LogP contribution < -0.4 is 0 Å². The maximum Gasteiger partial charge on any atom is 0.0233 e. The normalized spacial score (nSPS) is 9.50. The first kappa shape index (κ1) is 13.2. The largest absolute Gasteiger partial charge is 0.300 e. The molecule has 1 radical (unpaired) electrons. The molecule has 0 aliphatic carbocycles. The van der Waals surface area contributed by atoms with E-state index in [4.69, 9.17) is 0 Å². The van der Waals surface area contributed by atoms with Crippen LogP contribution in [-0.2, 0) is 6.54 Å². The molecule has 1 rings (SSSR count). The van der Waals surface area contributed by atoms with Gasteiger partial charge in [-0.05, 0) is 18.7 Å². The molecule has 1 heteroatoms. The van der Waals surface area contributed by atoms with Crippen molar-refractivity contribution in [3.63, 3.8) is 0 Å². The zero-order valence-corrected chi connectivity index (χ0v) is 9.66. The summed E-state index contributed by atoms with van der Waals surface area (Å²) in [7, 11) is 0. The minimum atomic E-state index is 1.08. The van der Waals surface area contributed by atoms with Crippen LogP contribution in [0.1, 0.15) is 26.3 Å². The highest BCUT2D eigenvalue weighted by molar-refractivity contribution is 5.14. The summed E-state index contributed by atoms with van der Waals surface area (Å²) in [5.41, 5.74) is 1.40. The standard InChI is InChI=1S/C11H17N.C2H5/c1-3-12(4-2)10-11-8-6-5-7-9-11;1-2/h5-9H,3-4,10H2,1-2H3;1H2,2H3. The van der Waals surface area contributed by atoms with Crippen molar-refractivity contribution in [3.8, 4) is 0 Å². The van der Waals surface area contributed by atoms with Crippen molar-refractivity contribution in [1.82, 2.24) is 4.90 Å². The Labute approximate surface area is 88.8 Å². The highest BCUT2D eigenvalue weighted by Crippen LogP contribution is 2.02. The van der Waals surface area contributed by atoms with Crippen molar-refractivity contribution in [1.29, 1.82) is 0 Å². The van der Waals surface area contributed by atoms with Crippen LogP contribution in [0.15, 0.2) is 30.3 Å². The second kappa shape index (κ2) is 8.76. The minimum Gasteiger partial charge on any atom is -0.300 e. The SMILES string of the molecule is CCN(CC)Cc1ccccc1.[CH2]C. The second-order valence-corrected chi connectivity index (χ2v) is 2.95. The van der Waals surface area contributed by atoms with Crippen LogP contribution >= 0.6 is 0 Å². The lowest BCUT2D eigenvalue weighted by molar-refractivity contribution is 0.296. The first-order valence-electron chi connectivity index (χ1n) is 5.33. The van der Waals surface area contributed by atoms with E-state index in [1.165, 1.54) is 5.56 Å². The molecule has 1 nitrogen and oxygen atoms in total. The molecule has 0 fully saturated rings. The summed E-state index contributed by atoms with van der Waals surface area (Å²) in [5.74, 6) is 0. The van der Waals surface area contributed by atoms with E-state index in [9.17, 15) is 0 Å². The Hall–Kier alpha value is -0.820. The van der Waals surface area contributed by atoms with Crippen LogP contribution in [0, 0.1) is 6.92 Å².